The van der Waals surface area contributed by atoms with E-state index >= 15 is 0 Å². The molecule has 2 nitrogen and oxygen atoms in total. The van der Waals surface area contributed by atoms with Gasteiger partial charge in [0, 0.05) is 7.11 Å². The van der Waals surface area contributed by atoms with E-state index in [0.717, 1.165) is 24.1 Å². The lowest BCUT2D eigenvalue weighted by atomic mass is 10.1. The van der Waals surface area contributed by atoms with Crippen molar-refractivity contribution in [1.29, 1.82) is 0 Å². The van der Waals surface area contributed by atoms with E-state index in [1.165, 1.54) is 5.56 Å². The van der Waals surface area contributed by atoms with Crippen LogP contribution in [-0.2, 0) is 15.5 Å². The molecule has 18 heavy (non-hydrogen) atoms. The Bertz CT molecular complexity index is 373. The highest BCUT2D eigenvalue weighted by atomic mass is 28.4. The first-order valence-electron chi connectivity index (χ1n) is 6.60. The second kappa shape index (κ2) is 7.51. The standard InChI is InChI=1S/C15H24O2Si/c1-5-12-18(7-3,16-4)17-13-15-11-9-8-10-14(15)6-2/h6,8-11H,2,5,7,12-13H2,1,3-4H3. The second-order valence-electron chi connectivity index (χ2n) is 4.41. The van der Waals surface area contributed by atoms with Gasteiger partial charge in [0.05, 0.1) is 6.61 Å². The van der Waals surface area contributed by atoms with Gasteiger partial charge in [0.15, 0.2) is 0 Å². The predicted molar refractivity (Wildman–Crippen MR) is 79.7 cm³/mol. The van der Waals surface area contributed by atoms with Crippen molar-refractivity contribution in [1.82, 2.24) is 0 Å². The van der Waals surface area contributed by atoms with Crippen molar-refractivity contribution in [3.63, 3.8) is 0 Å². The lowest BCUT2D eigenvalue weighted by Crippen LogP contribution is -2.39. The van der Waals surface area contributed by atoms with E-state index in [-0.39, 0.29) is 0 Å². The fourth-order valence-corrected chi connectivity index (χ4v) is 4.60. The Kier molecular flexibility index (Phi) is 6.33. The van der Waals surface area contributed by atoms with E-state index < -0.39 is 8.56 Å². The van der Waals surface area contributed by atoms with Gasteiger partial charge >= 0.3 is 8.56 Å². The van der Waals surface area contributed by atoms with E-state index in [1.807, 2.05) is 18.2 Å². The minimum absolute atomic E-state index is 0.621. The van der Waals surface area contributed by atoms with Crippen LogP contribution in [0.5, 0.6) is 0 Å². The Morgan fingerprint density at radius 1 is 1.28 bits per heavy atom. The second-order valence-corrected chi connectivity index (χ2v) is 8.14. The molecular weight excluding hydrogens is 240 g/mol. The number of hydrogen-bond acceptors (Lipinski definition) is 2. The van der Waals surface area contributed by atoms with Crippen LogP contribution in [0, 0.1) is 0 Å². The van der Waals surface area contributed by atoms with E-state index in [9.17, 15) is 0 Å². The summed E-state index contributed by atoms with van der Waals surface area (Å²) in [4.78, 5) is 0. The van der Waals surface area contributed by atoms with Crippen molar-refractivity contribution in [2.24, 2.45) is 0 Å². The van der Waals surface area contributed by atoms with Gasteiger partial charge in [0.25, 0.3) is 0 Å². The number of hydrogen-bond donors (Lipinski definition) is 0. The highest BCUT2D eigenvalue weighted by Crippen LogP contribution is 2.22. The van der Waals surface area contributed by atoms with Gasteiger partial charge in [-0.2, -0.15) is 0 Å². The summed E-state index contributed by atoms with van der Waals surface area (Å²) in [6.07, 6.45) is 2.98. The molecule has 0 bridgehead atoms. The molecule has 100 valence electrons. The zero-order valence-corrected chi connectivity index (χ0v) is 12.7. The molecule has 0 amide bonds. The normalized spacial score (nSPS) is 14.2. The maximum Gasteiger partial charge on any atom is 0.337 e. The predicted octanol–water partition coefficient (Wildman–Crippen LogP) is 4.36. The third kappa shape index (κ3) is 3.80. The molecule has 0 heterocycles. The van der Waals surface area contributed by atoms with Crippen LogP contribution in [0.4, 0.5) is 0 Å². The summed E-state index contributed by atoms with van der Waals surface area (Å²) in [5.74, 6) is 0. The van der Waals surface area contributed by atoms with E-state index in [0.29, 0.717) is 6.61 Å². The molecule has 3 heteroatoms. The van der Waals surface area contributed by atoms with Crippen LogP contribution in [0.1, 0.15) is 31.4 Å². The summed E-state index contributed by atoms with van der Waals surface area (Å²) in [6.45, 7) is 8.79. The van der Waals surface area contributed by atoms with Gasteiger partial charge in [0.2, 0.25) is 0 Å². The lowest BCUT2D eigenvalue weighted by Gasteiger charge is -2.28. The summed E-state index contributed by atoms with van der Waals surface area (Å²) in [5.41, 5.74) is 2.33. The molecule has 0 radical (unpaired) electrons. The highest BCUT2D eigenvalue weighted by Gasteiger charge is 2.33. The van der Waals surface area contributed by atoms with Crippen LogP contribution < -0.4 is 0 Å². The minimum atomic E-state index is -2.00. The maximum atomic E-state index is 6.17. The van der Waals surface area contributed by atoms with Crippen LogP contribution in [0.3, 0.4) is 0 Å². The SMILES string of the molecule is C=Cc1ccccc1CO[Si](CC)(CCC)OC. The molecule has 1 atom stereocenters. The molecule has 0 N–H and O–H groups in total. The van der Waals surface area contributed by atoms with Crippen LogP contribution in [-0.4, -0.2) is 15.7 Å². The van der Waals surface area contributed by atoms with Gasteiger partial charge in [-0.25, -0.2) is 0 Å². The Balaban J connectivity index is 2.75. The smallest absolute Gasteiger partial charge is 0.337 e. The Labute approximate surface area is 112 Å². The van der Waals surface area contributed by atoms with E-state index in [4.69, 9.17) is 8.85 Å². The lowest BCUT2D eigenvalue weighted by molar-refractivity contribution is 0.189. The summed E-state index contributed by atoms with van der Waals surface area (Å²) < 4.78 is 11.9. The fraction of sp³-hybridized carbons (Fsp3) is 0.467. The summed E-state index contributed by atoms with van der Waals surface area (Å²) in [6, 6.07) is 10.3. The topological polar surface area (TPSA) is 18.5 Å². The van der Waals surface area contributed by atoms with Gasteiger partial charge in [-0.3, -0.25) is 0 Å². The maximum absolute atomic E-state index is 6.17. The average molecular weight is 264 g/mol. The van der Waals surface area contributed by atoms with Gasteiger partial charge in [-0.15, -0.1) is 0 Å². The van der Waals surface area contributed by atoms with Crippen molar-refractivity contribution in [3.8, 4) is 0 Å². The molecule has 1 rings (SSSR count). The van der Waals surface area contributed by atoms with Crippen molar-refractivity contribution < 1.29 is 8.85 Å². The van der Waals surface area contributed by atoms with Crippen molar-refractivity contribution >= 4 is 14.6 Å². The molecule has 0 spiro atoms. The average Bonchev–Trinajstić information content (AvgIpc) is 2.44. The largest absolute Gasteiger partial charge is 0.398 e. The molecule has 0 fully saturated rings. The molecule has 0 aliphatic carbocycles. The molecule has 0 saturated heterocycles. The van der Waals surface area contributed by atoms with E-state index in [1.54, 1.807) is 7.11 Å². The summed E-state index contributed by atoms with van der Waals surface area (Å²) in [5, 5.41) is 0. The van der Waals surface area contributed by atoms with Gasteiger partial charge in [0.1, 0.15) is 0 Å². The zero-order valence-electron chi connectivity index (χ0n) is 11.7. The quantitative estimate of drug-likeness (QED) is 0.649. The van der Waals surface area contributed by atoms with Gasteiger partial charge < -0.3 is 8.85 Å². The first kappa shape index (κ1) is 15.2. The van der Waals surface area contributed by atoms with Crippen LogP contribution >= 0.6 is 0 Å². The first-order chi connectivity index (χ1) is 8.71. The Morgan fingerprint density at radius 2 is 2.00 bits per heavy atom. The van der Waals surface area contributed by atoms with Crippen molar-refractivity contribution in [2.45, 2.75) is 39.0 Å². The molecule has 0 saturated carbocycles. The molecule has 0 aliphatic rings. The van der Waals surface area contributed by atoms with Crippen molar-refractivity contribution in [3.05, 3.63) is 42.0 Å². The Hall–Kier alpha value is -0.903. The Morgan fingerprint density at radius 3 is 2.56 bits per heavy atom. The van der Waals surface area contributed by atoms with Gasteiger partial charge in [-0.05, 0) is 23.2 Å². The van der Waals surface area contributed by atoms with Crippen LogP contribution in [0.25, 0.3) is 6.08 Å². The molecular formula is C15H24O2Si. The molecule has 1 aromatic carbocycles. The first-order valence-corrected chi connectivity index (χ1v) is 8.84. The van der Waals surface area contributed by atoms with Gasteiger partial charge in [-0.1, -0.05) is 57.2 Å². The van der Waals surface area contributed by atoms with Crippen LogP contribution in [0.2, 0.25) is 12.1 Å². The highest BCUT2D eigenvalue weighted by molar-refractivity contribution is 6.67. The minimum Gasteiger partial charge on any atom is -0.398 e. The van der Waals surface area contributed by atoms with E-state index in [2.05, 4.69) is 32.6 Å². The summed E-state index contributed by atoms with van der Waals surface area (Å²) in [7, 11) is -0.214. The number of benzene rings is 1. The molecule has 1 aromatic rings. The monoisotopic (exact) mass is 264 g/mol. The molecule has 0 aliphatic heterocycles. The van der Waals surface area contributed by atoms with Crippen molar-refractivity contribution in [2.75, 3.05) is 7.11 Å². The fourth-order valence-electron chi connectivity index (χ4n) is 2.11. The van der Waals surface area contributed by atoms with Crippen LogP contribution in [0.15, 0.2) is 30.8 Å². The number of rotatable bonds is 8. The molecule has 1 unspecified atom stereocenters. The summed E-state index contributed by atoms with van der Waals surface area (Å²) >= 11 is 0. The third-order valence-electron chi connectivity index (χ3n) is 3.31. The third-order valence-corrected chi connectivity index (χ3v) is 7.06. The molecule has 0 aromatic heterocycles. The zero-order chi connectivity index (χ0) is 13.4.